The summed E-state index contributed by atoms with van der Waals surface area (Å²) in [6.45, 7) is 3.18. The molecule has 15 heavy (non-hydrogen) atoms. The molecule has 3 nitrogen and oxygen atoms in total. The molecule has 1 aliphatic rings. The number of aromatic nitrogens is 2. The zero-order valence-electron chi connectivity index (χ0n) is 9.74. The van der Waals surface area contributed by atoms with Crippen LogP contribution in [0.15, 0.2) is 12.3 Å². The van der Waals surface area contributed by atoms with Crippen LogP contribution in [0.3, 0.4) is 0 Å². The molecule has 1 N–H and O–H groups in total. The van der Waals surface area contributed by atoms with Crippen LogP contribution >= 0.6 is 0 Å². The average Bonchev–Trinajstić information content (AvgIpc) is 2.95. The number of hydrogen-bond acceptors (Lipinski definition) is 2. The molecule has 1 unspecified atom stereocenters. The summed E-state index contributed by atoms with van der Waals surface area (Å²) in [4.78, 5) is 0. The van der Waals surface area contributed by atoms with Gasteiger partial charge < -0.3 is 5.32 Å². The van der Waals surface area contributed by atoms with Gasteiger partial charge in [0.15, 0.2) is 0 Å². The maximum Gasteiger partial charge on any atom is 0.0793 e. The Morgan fingerprint density at radius 3 is 2.93 bits per heavy atom. The van der Waals surface area contributed by atoms with E-state index in [1.165, 1.54) is 31.4 Å². The van der Waals surface area contributed by atoms with Crippen molar-refractivity contribution in [2.24, 2.45) is 13.0 Å². The minimum absolute atomic E-state index is 0.455. The summed E-state index contributed by atoms with van der Waals surface area (Å²) in [7, 11) is 1.98. The van der Waals surface area contributed by atoms with Crippen LogP contribution in [0, 0.1) is 5.92 Å². The van der Waals surface area contributed by atoms with Crippen molar-refractivity contribution in [1.82, 2.24) is 15.1 Å². The first kappa shape index (κ1) is 10.7. The molecule has 1 fully saturated rings. The maximum absolute atomic E-state index is 4.48. The summed E-state index contributed by atoms with van der Waals surface area (Å²) in [5.41, 5.74) is 1.19. The standard InChI is InChI=1S/C12H21N3/c1-3-13-11(7-6-10-4-5-10)12-8-9-15(2)14-12/h8-11,13H,3-7H2,1-2H3. The van der Waals surface area contributed by atoms with Crippen molar-refractivity contribution in [2.45, 2.75) is 38.6 Å². The highest BCUT2D eigenvalue weighted by molar-refractivity contribution is 5.05. The zero-order chi connectivity index (χ0) is 10.7. The molecule has 1 aromatic rings. The number of rotatable bonds is 6. The van der Waals surface area contributed by atoms with E-state index in [0.717, 1.165) is 12.5 Å². The van der Waals surface area contributed by atoms with Crippen LogP contribution < -0.4 is 5.32 Å². The zero-order valence-corrected chi connectivity index (χ0v) is 9.74. The molecular formula is C12H21N3. The lowest BCUT2D eigenvalue weighted by atomic mass is 10.1. The molecule has 0 saturated heterocycles. The largest absolute Gasteiger partial charge is 0.309 e. The van der Waals surface area contributed by atoms with Crippen LogP contribution in [0.1, 0.15) is 44.3 Å². The highest BCUT2D eigenvalue weighted by Gasteiger charge is 2.23. The van der Waals surface area contributed by atoms with Gasteiger partial charge in [0.25, 0.3) is 0 Å². The summed E-state index contributed by atoms with van der Waals surface area (Å²) in [5.74, 6) is 1.01. The molecule has 0 spiro atoms. The second-order valence-electron chi connectivity index (χ2n) is 4.55. The molecule has 3 heteroatoms. The monoisotopic (exact) mass is 207 g/mol. The van der Waals surface area contributed by atoms with Crippen molar-refractivity contribution in [3.8, 4) is 0 Å². The Hall–Kier alpha value is -0.830. The fourth-order valence-electron chi connectivity index (χ4n) is 2.03. The topological polar surface area (TPSA) is 29.9 Å². The lowest BCUT2D eigenvalue weighted by molar-refractivity contribution is 0.467. The third-order valence-corrected chi connectivity index (χ3v) is 3.10. The molecule has 1 saturated carbocycles. The Bertz CT molecular complexity index is 302. The van der Waals surface area contributed by atoms with E-state index in [4.69, 9.17) is 0 Å². The molecule has 1 atom stereocenters. The Kier molecular flexibility index (Phi) is 3.41. The molecule has 0 bridgehead atoms. The summed E-state index contributed by atoms with van der Waals surface area (Å²) in [6.07, 6.45) is 7.50. The van der Waals surface area contributed by atoms with E-state index < -0.39 is 0 Å². The first-order valence-corrected chi connectivity index (χ1v) is 6.02. The van der Waals surface area contributed by atoms with E-state index in [1.807, 2.05) is 17.9 Å². The van der Waals surface area contributed by atoms with Crippen molar-refractivity contribution in [2.75, 3.05) is 6.54 Å². The number of aryl methyl sites for hydroxylation is 1. The second kappa shape index (κ2) is 4.79. The van der Waals surface area contributed by atoms with Gasteiger partial charge in [0.1, 0.15) is 0 Å². The predicted octanol–water partition coefficient (Wildman–Crippen LogP) is 2.26. The summed E-state index contributed by atoms with van der Waals surface area (Å²) >= 11 is 0. The number of hydrogen-bond donors (Lipinski definition) is 1. The fourth-order valence-corrected chi connectivity index (χ4v) is 2.03. The highest BCUT2D eigenvalue weighted by atomic mass is 15.3. The van der Waals surface area contributed by atoms with Crippen LogP contribution in [0.2, 0.25) is 0 Å². The molecule has 0 amide bonds. The summed E-state index contributed by atoms with van der Waals surface area (Å²) in [6, 6.07) is 2.58. The van der Waals surface area contributed by atoms with Crippen LogP contribution in [-0.2, 0) is 7.05 Å². The van der Waals surface area contributed by atoms with Gasteiger partial charge in [-0.05, 0) is 31.4 Å². The van der Waals surface area contributed by atoms with Crippen LogP contribution in [0.25, 0.3) is 0 Å². The molecular weight excluding hydrogens is 186 g/mol. The molecule has 1 heterocycles. The average molecular weight is 207 g/mol. The molecule has 1 aromatic heterocycles. The van der Waals surface area contributed by atoms with Gasteiger partial charge in [0.05, 0.1) is 11.7 Å². The van der Waals surface area contributed by atoms with E-state index in [9.17, 15) is 0 Å². The van der Waals surface area contributed by atoms with E-state index >= 15 is 0 Å². The Morgan fingerprint density at radius 2 is 2.40 bits per heavy atom. The van der Waals surface area contributed by atoms with Gasteiger partial charge in [-0.3, -0.25) is 4.68 Å². The Balaban J connectivity index is 1.91. The van der Waals surface area contributed by atoms with E-state index in [0.29, 0.717) is 6.04 Å². The third kappa shape index (κ3) is 3.06. The molecule has 0 aliphatic heterocycles. The van der Waals surface area contributed by atoms with Crippen LogP contribution in [0.5, 0.6) is 0 Å². The number of nitrogens with zero attached hydrogens (tertiary/aromatic N) is 2. The van der Waals surface area contributed by atoms with Crippen molar-refractivity contribution in [3.05, 3.63) is 18.0 Å². The highest BCUT2D eigenvalue weighted by Crippen LogP contribution is 2.35. The van der Waals surface area contributed by atoms with E-state index in [2.05, 4.69) is 23.4 Å². The number of nitrogens with one attached hydrogen (secondary N) is 1. The van der Waals surface area contributed by atoms with Gasteiger partial charge >= 0.3 is 0 Å². The van der Waals surface area contributed by atoms with Gasteiger partial charge in [-0.25, -0.2) is 0 Å². The minimum Gasteiger partial charge on any atom is -0.309 e. The quantitative estimate of drug-likeness (QED) is 0.775. The van der Waals surface area contributed by atoms with Crippen molar-refractivity contribution < 1.29 is 0 Å². The third-order valence-electron chi connectivity index (χ3n) is 3.10. The van der Waals surface area contributed by atoms with Gasteiger partial charge in [0.2, 0.25) is 0 Å². The second-order valence-corrected chi connectivity index (χ2v) is 4.55. The smallest absolute Gasteiger partial charge is 0.0793 e. The van der Waals surface area contributed by atoms with Crippen molar-refractivity contribution >= 4 is 0 Å². The van der Waals surface area contributed by atoms with Gasteiger partial charge in [-0.2, -0.15) is 5.10 Å². The molecule has 0 aromatic carbocycles. The molecule has 1 aliphatic carbocycles. The lowest BCUT2D eigenvalue weighted by Crippen LogP contribution is -2.21. The predicted molar refractivity (Wildman–Crippen MR) is 61.6 cm³/mol. The maximum atomic E-state index is 4.48. The Morgan fingerprint density at radius 1 is 1.60 bits per heavy atom. The summed E-state index contributed by atoms with van der Waals surface area (Å²) < 4.78 is 1.89. The molecule has 2 rings (SSSR count). The van der Waals surface area contributed by atoms with E-state index in [1.54, 1.807) is 0 Å². The van der Waals surface area contributed by atoms with Crippen molar-refractivity contribution in [1.29, 1.82) is 0 Å². The van der Waals surface area contributed by atoms with Gasteiger partial charge in [-0.1, -0.05) is 19.8 Å². The fraction of sp³-hybridized carbons (Fsp3) is 0.750. The lowest BCUT2D eigenvalue weighted by Gasteiger charge is -2.15. The normalized spacial score (nSPS) is 18.0. The Labute approximate surface area is 91.9 Å². The summed E-state index contributed by atoms with van der Waals surface area (Å²) in [5, 5.41) is 8.00. The molecule has 84 valence electrons. The SMILES string of the molecule is CCNC(CCC1CC1)c1ccn(C)n1. The molecule has 0 radical (unpaired) electrons. The van der Waals surface area contributed by atoms with E-state index in [-0.39, 0.29) is 0 Å². The van der Waals surface area contributed by atoms with Crippen LogP contribution in [0.4, 0.5) is 0 Å². The first-order valence-electron chi connectivity index (χ1n) is 6.02. The van der Waals surface area contributed by atoms with Crippen molar-refractivity contribution in [3.63, 3.8) is 0 Å². The van der Waals surface area contributed by atoms with Gasteiger partial charge in [-0.15, -0.1) is 0 Å². The minimum atomic E-state index is 0.455. The first-order chi connectivity index (χ1) is 7.29. The van der Waals surface area contributed by atoms with Crippen LogP contribution in [-0.4, -0.2) is 16.3 Å². The van der Waals surface area contributed by atoms with Gasteiger partial charge in [0, 0.05) is 13.2 Å².